The Morgan fingerprint density at radius 2 is 2.11 bits per heavy atom. The van der Waals surface area contributed by atoms with E-state index in [-0.39, 0.29) is 12.7 Å². The van der Waals surface area contributed by atoms with Gasteiger partial charge in [-0.1, -0.05) is 23.7 Å². The first-order valence-corrected chi connectivity index (χ1v) is 8.71. The van der Waals surface area contributed by atoms with Crippen molar-refractivity contribution in [3.05, 3.63) is 77.1 Å². The first-order chi connectivity index (χ1) is 13.2. The molecule has 1 amide bonds. The lowest BCUT2D eigenvalue weighted by Crippen LogP contribution is -2.20. The number of fused-ring (bicyclic) bond motifs is 1. The van der Waals surface area contributed by atoms with Crippen molar-refractivity contribution in [2.45, 2.75) is 6.54 Å². The standard InChI is InChI=1S/C20H16ClN3O3/c21-17-10-15(11-18-20(17)27-13-26-18)4-7-19(25)22-12-14-2-5-16(6-3-14)24-9-1-8-23-24/h1-11H,12-13H2,(H,22,25). The molecule has 0 saturated carbocycles. The van der Waals surface area contributed by atoms with E-state index in [0.29, 0.717) is 23.1 Å². The molecule has 0 atom stereocenters. The lowest BCUT2D eigenvalue weighted by atomic mass is 10.2. The zero-order valence-electron chi connectivity index (χ0n) is 14.3. The molecule has 1 N–H and O–H groups in total. The number of nitrogens with zero attached hydrogens (tertiary/aromatic N) is 2. The fraction of sp³-hybridized carbons (Fsp3) is 0.100. The molecule has 1 aliphatic heterocycles. The van der Waals surface area contributed by atoms with Crippen LogP contribution in [0.4, 0.5) is 0 Å². The number of hydrogen-bond acceptors (Lipinski definition) is 4. The van der Waals surface area contributed by atoms with Gasteiger partial charge in [-0.2, -0.15) is 5.10 Å². The minimum atomic E-state index is -0.194. The number of halogens is 1. The molecule has 136 valence electrons. The molecule has 3 aromatic rings. The van der Waals surface area contributed by atoms with Crippen molar-refractivity contribution in [2.24, 2.45) is 0 Å². The molecule has 6 nitrogen and oxygen atoms in total. The topological polar surface area (TPSA) is 65.4 Å². The van der Waals surface area contributed by atoms with Gasteiger partial charge >= 0.3 is 0 Å². The molecule has 2 heterocycles. The average Bonchev–Trinajstić information content (AvgIpc) is 3.37. The molecule has 0 aliphatic carbocycles. The van der Waals surface area contributed by atoms with E-state index in [9.17, 15) is 4.79 Å². The van der Waals surface area contributed by atoms with E-state index in [0.717, 1.165) is 16.8 Å². The van der Waals surface area contributed by atoms with Crippen LogP contribution in [-0.2, 0) is 11.3 Å². The number of nitrogens with one attached hydrogen (secondary N) is 1. The zero-order valence-corrected chi connectivity index (χ0v) is 15.0. The van der Waals surface area contributed by atoms with E-state index in [1.54, 1.807) is 29.1 Å². The van der Waals surface area contributed by atoms with Gasteiger partial charge in [-0.15, -0.1) is 0 Å². The third-order valence-electron chi connectivity index (χ3n) is 4.05. The van der Waals surface area contributed by atoms with Crippen molar-refractivity contribution in [1.29, 1.82) is 0 Å². The van der Waals surface area contributed by atoms with Gasteiger partial charge in [0.1, 0.15) is 0 Å². The lowest BCUT2D eigenvalue weighted by Gasteiger charge is -2.05. The number of hydrogen-bond donors (Lipinski definition) is 1. The number of ether oxygens (including phenoxy) is 2. The molecule has 1 aromatic heterocycles. The van der Waals surface area contributed by atoms with Crippen molar-refractivity contribution >= 4 is 23.6 Å². The van der Waals surface area contributed by atoms with Crippen molar-refractivity contribution < 1.29 is 14.3 Å². The number of carbonyl (C=O) groups is 1. The van der Waals surface area contributed by atoms with E-state index in [2.05, 4.69) is 10.4 Å². The SMILES string of the molecule is O=C(C=Cc1cc(Cl)c2c(c1)OCO2)NCc1ccc(-n2cccn2)cc1. The van der Waals surface area contributed by atoms with Gasteiger partial charge in [-0.05, 0) is 47.5 Å². The summed E-state index contributed by atoms with van der Waals surface area (Å²) in [4.78, 5) is 12.1. The van der Waals surface area contributed by atoms with Crippen LogP contribution in [0, 0.1) is 0 Å². The van der Waals surface area contributed by atoms with E-state index in [1.165, 1.54) is 6.08 Å². The van der Waals surface area contributed by atoms with Crippen LogP contribution in [0.25, 0.3) is 11.8 Å². The summed E-state index contributed by atoms with van der Waals surface area (Å²) in [7, 11) is 0. The van der Waals surface area contributed by atoms with Crippen molar-refractivity contribution in [3.8, 4) is 17.2 Å². The van der Waals surface area contributed by atoms with Gasteiger partial charge in [0.15, 0.2) is 11.5 Å². The van der Waals surface area contributed by atoms with Crippen LogP contribution in [0.2, 0.25) is 5.02 Å². The molecule has 27 heavy (non-hydrogen) atoms. The Labute approximate surface area is 161 Å². The Balaban J connectivity index is 1.34. The van der Waals surface area contributed by atoms with Crippen molar-refractivity contribution in [2.75, 3.05) is 6.79 Å². The van der Waals surface area contributed by atoms with E-state index < -0.39 is 0 Å². The van der Waals surface area contributed by atoms with Gasteiger partial charge in [0, 0.05) is 25.0 Å². The summed E-state index contributed by atoms with van der Waals surface area (Å²) in [5, 5.41) is 7.50. The number of benzene rings is 2. The van der Waals surface area contributed by atoms with Crippen LogP contribution >= 0.6 is 11.6 Å². The first kappa shape index (κ1) is 17.2. The highest BCUT2D eigenvalue weighted by molar-refractivity contribution is 6.32. The van der Waals surface area contributed by atoms with Gasteiger partial charge in [0.05, 0.1) is 10.7 Å². The molecule has 0 radical (unpaired) electrons. The zero-order chi connectivity index (χ0) is 18.6. The van der Waals surface area contributed by atoms with Gasteiger partial charge in [-0.25, -0.2) is 4.68 Å². The highest BCUT2D eigenvalue weighted by Gasteiger charge is 2.17. The number of rotatable bonds is 5. The van der Waals surface area contributed by atoms with Crippen LogP contribution in [0.5, 0.6) is 11.5 Å². The van der Waals surface area contributed by atoms with E-state index in [1.807, 2.05) is 36.5 Å². The van der Waals surface area contributed by atoms with E-state index >= 15 is 0 Å². The third-order valence-corrected chi connectivity index (χ3v) is 4.33. The summed E-state index contributed by atoms with van der Waals surface area (Å²) in [6.07, 6.45) is 6.76. The smallest absolute Gasteiger partial charge is 0.244 e. The molecule has 4 rings (SSSR count). The second kappa shape index (κ2) is 7.55. The summed E-state index contributed by atoms with van der Waals surface area (Å²) >= 11 is 6.14. The minimum absolute atomic E-state index is 0.155. The van der Waals surface area contributed by atoms with Crippen LogP contribution in [0.3, 0.4) is 0 Å². The molecule has 0 unspecified atom stereocenters. The Morgan fingerprint density at radius 1 is 1.26 bits per heavy atom. The maximum absolute atomic E-state index is 12.1. The van der Waals surface area contributed by atoms with Gasteiger partial charge in [0.2, 0.25) is 12.7 Å². The monoisotopic (exact) mass is 381 g/mol. The molecular formula is C20H16ClN3O3. The Kier molecular flexibility index (Phi) is 4.80. The van der Waals surface area contributed by atoms with Crippen LogP contribution in [-0.4, -0.2) is 22.5 Å². The maximum atomic E-state index is 12.1. The summed E-state index contributed by atoms with van der Waals surface area (Å²) in [5.41, 5.74) is 2.73. The van der Waals surface area contributed by atoms with Crippen molar-refractivity contribution in [1.82, 2.24) is 15.1 Å². The molecule has 0 spiro atoms. The molecule has 0 saturated heterocycles. The Hall–Kier alpha value is -3.25. The summed E-state index contributed by atoms with van der Waals surface area (Å²) < 4.78 is 12.4. The summed E-state index contributed by atoms with van der Waals surface area (Å²) in [6, 6.07) is 13.2. The number of amides is 1. The van der Waals surface area contributed by atoms with Crippen LogP contribution < -0.4 is 14.8 Å². The first-order valence-electron chi connectivity index (χ1n) is 8.33. The summed E-state index contributed by atoms with van der Waals surface area (Å²) in [6.45, 7) is 0.590. The van der Waals surface area contributed by atoms with Crippen LogP contribution in [0.15, 0.2) is 60.9 Å². The molecule has 7 heteroatoms. The van der Waals surface area contributed by atoms with Crippen molar-refractivity contribution in [3.63, 3.8) is 0 Å². The predicted octanol–water partition coefficient (Wildman–Crippen LogP) is 3.58. The van der Waals surface area contributed by atoms with E-state index in [4.69, 9.17) is 21.1 Å². The highest BCUT2D eigenvalue weighted by Crippen LogP contribution is 2.40. The Morgan fingerprint density at radius 3 is 2.89 bits per heavy atom. The quantitative estimate of drug-likeness (QED) is 0.686. The fourth-order valence-electron chi connectivity index (χ4n) is 2.69. The molecule has 0 bridgehead atoms. The van der Waals surface area contributed by atoms with Gasteiger partial charge in [-0.3, -0.25) is 4.79 Å². The molecule has 1 aliphatic rings. The second-order valence-electron chi connectivity index (χ2n) is 5.90. The fourth-order valence-corrected chi connectivity index (χ4v) is 2.97. The molecular weight excluding hydrogens is 366 g/mol. The predicted molar refractivity (Wildman–Crippen MR) is 102 cm³/mol. The molecule has 0 fully saturated rings. The largest absolute Gasteiger partial charge is 0.454 e. The minimum Gasteiger partial charge on any atom is -0.454 e. The van der Waals surface area contributed by atoms with Gasteiger partial charge < -0.3 is 14.8 Å². The van der Waals surface area contributed by atoms with Gasteiger partial charge in [0.25, 0.3) is 0 Å². The number of aromatic nitrogens is 2. The number of carbonyl (C=O) groups excluding carboxylic acids is 1. The third kappa shape index (κ3) is 3.96. The highest BCUT2D eigenvalue weighted by atomic mass is 35.5. The maximum Gasteiger partial charge on any atom is 0.244 e. The normalized spacial score (nSPS) is 12.5. The average molecular weight is 382 g/mol. The Bertz CT molecular complexity index is 982. The van der Waals surface area contributed by atoms with Crippen LogP contribution in [0.1, 0.15) is 11.1 Å². The lowest BCUT2D eigenvalue weighted by molar-refractivity contribution is -0.116. The second-order valence-corrected chi connectivity index (χ2v) is 6.31. The molecule has 2 aromatic carbocycles. The summed E-state index contributed by atoms with van der Waals surface area (Å²) in [5.74, 6) is 0.927.